The van der Waals surface area contributed by atoms with E-state index < -0.39 is 5.60 Å². The summed E-state index contributed by atoms with van der Waals surface area (Å²) in [6.45, 7) is 7.29. The highest BCUT2D eigenvalue weighted by molar-refractivity contribution is 7.09. The molecule has 2 aromatic rings. The van der Waals surface area contributed by atoms with Crippen molar-refractivity contribution in [3.8, 4) is 0 Å². The molecule has 0 fully saturated rings. The second-order valence-electron chi connectivity index (χ2n) is 5.16. The number of furan rings is 1. The van der Waals surface area contributed by atoms with Crippen LogP contribution in [0.3, 0.4) is 0 Å². The minimum Gasteiger partial charge on any atom is -0.466 e. The first-order valence-corrected chi connectivity index (χ1v) is 8.08. The van der Waals surface area contributed by atoms with Crippen molar-refractivity contribution in [2.45, 2.75) is 32.9 Å². The van der Waals surface area contributed by atoms with Gasteiger partial charge in [0.2, 0.25) is 0 Å². The first-order chi connectivity index (χ1) is 10.5. The summed E-state index contributed by atoms with van der Waals surface area (Å²) in [5, 5.41) is 16.7. The lowest BCUT2D eigenvalue weighted by Crippen LogP contribution is -2.44. The lowest BCUT2D eigenvalue weighted by Gasteiger charge is -2.22. The number of nitrogens with zero attached hydrogens (tertiary/aromatic N) is 2. The molecule has 120 valence electrons. The van der Waals surface area contributed by atoms with Gasteiger partial charge >= 0.3 is 0 Å². The average molecular weight is 322 g/mol. The van der Waals surface area contributed by atoms with Crippen molar-refractivity contribution in [3.63, 3.8) is 0 Å². The van der Waals surface area contributed by atoms with E-state index in [1.54, 1.807) is 36.7 Å². The summed E-state index contributed by atoms with van der Waals surface area (Å²) in [7, 11) is 0. The zero-order valence-corrected chi connectivity index (χ0v) is 13.9. The molecule has 0 aliphatic rings. The lowest BCUT2D eigenvalue weighted by molar-refractivity contribution is 0.0386. The molecule has 0 bridgehead atoms. The van der Waals surface area contributed by atoms with E-state index in [1.807, 2.05) is 19.4 Å². The number of hydrogen-bond acceptors (Lipinski definition) is 5. The molecule has 0 saturated carbocycles. The molecule has 22 heavy (non-hydrogen) atoms. The van der Waals surface area contributed by atoms with Crippen molar-refractivity contribution >= 4 is 17.3 Å². The summed E-state index contributed by atoms with van der Waals surface area (Å²) in [5.74, 6) is 1.18. The molecule has 0 saturated heterocycles. The Morgan fingerprint density at radius 3 is 2.91 bits per heavy atom. The normalized spacial score (nSPS) is 14.6. The fourth-order valence-electron chi connectivity index (χ4n) is 1.90. The summed E-state index contributed by atoms with van der Waals surface area (Å²) in [6.07, 6.45) is 1.55. The van der Waals surface area contributed by atoms with Crippen LogP contribution in [0.5, 0.6) is 0 Å². The van der Waals surface area contributed by atoms with Crippen LogP contribution < -0.4 is 10.6 Å². The predicted octanol–water partition coefficient (Wildman–Crippen LogP) is 2.01. The molecule has 0 aromatic carbocycles. The van der Waals surface area contributed by atoms with E-state index in [9.17, 15) is 5.11 Å². The molecule has 6 nitrogen and oxygen atoms in total. The molecule has 3 N–H and O–H groups in total. The minimum atomic E-state index is -1.10. The van der Waals surface area contributed by atoms with Crippen molar-refractivity contribution in [1.82, 2.24) is 15.6 Å². The quantitative estimate of drug-likeness (QED) is 0.560. The van der Waals surface area contributed by atoms with Crippen molar-refractivity contribution in [3.05, 3.63) is 40.2 Å². The van der Waals surface area contributed by atoms with Crippen LogP contribution in [0.25, 0.3) is 0 Å². The van der Waals surface area contributed by atoms with Crippen molar-refractivity contribution in [2.75, 3.05) is 13.1 Å². The molecule has 0 radical (unpaired) electrons. The third kappa shape index (κ3) is 4.32. The van der Waals surface area contributed by atoms with Gasteiger partial charge in [0.25, 0.3) is 0 Å². The van der Waals surface area contributed by atoms with Gasteiger partial charge in [-0.25, -0.2) is 9.98 Å². The van der Waals surface area contributed by atoms with Crippen LogP contribution >= 0.6 is 11.3 Å². The Morgan fingerprint density at radius 2 is 2.32 bits per heavy atom. The summed E-state index contributed by atoms with van der Waals surface area (Å²) in [6, 6.07) is 3.52. The monoisotopic (exact) mass is 322 g/mol. The van der Waals surface area contributed by atoms with Gasteiger partial charge < -0.3 is 20.2 Å². The highest BCUT2D eigenvalue weighted by Crippen LogP contribution is 2.19. The Morgan fingerprint density at radius 1 is 1.50 bits per heavy atom. The number of aryl methyl sites for hydroxylation is 1. The van der Waals surface area contributed by atoms with Crippen molar-refractivity contribution in [2.24, 2.45) is 4.99 Å². The Balaban J connectivity index is 1.98. The van der Waals surface area contributed by atoms with Crippen LogP contribution in [0.2, 0.25) is 0 Å². The first kappa shape index (κ1) is 16.5. The zero-order valence-electron chi connectivity index (χ0n) is 13.1. The molecular weight excluding hydrogens is 300 g/mol. The van der Waals surface area contributed by atoms with Gasteiger partial charge in [-0.1, -0.05) is 0 Å². The van der Waals surface area contributed by atoms with Crippen LogP contribution in [0.1, 0.15) is 30.2 Å². The number of thiazole rings is 1. The van der Waals surface area contributed by atoms with Gasteiger partial charge in [0.15, 0.2) is 5.96 Å². The number of aliphatic imine (C=N–C) groups is 1. The number of rotatable bonds is 6. The van der Waals surface area contributed by atoms with E-state index >= 15 is 0 Å². The highest BCUT2D eigenvalue weighted by atomic mass is 32.1. The zero-order chi connectivity index (χ0) is 16.0. The number of aromatic nitrogens is 1. The lowest BCUT2D eigenvalue weighted by atomic mass is 10.0. The minimum absolute atomic E-state index is 0.300. The van der Waals surface area contributed by atoms with E-state index in [-0.39, 0.29) is 0 Å². The Kier molecular flexibility index (Phi) is 5.57. The fourth-order valence-corrected chi connectivity index (χ4v) is 2.60. The standard InChI is InChI=1S/C15H22N4O2S/c1-4-16-14(17-8-12-11(2)19-10-22-12)18-9-15(3,20)13-6-5-7-21-13/h5-7,10,20H,4,8-9H2,1-3H3,(H2,16,17,18). The third-order valence-electron chi connectivity index (χ3n) is 3.22. The molecule has 0 aliphatic heterocycles. The van der Waals surface area contributed by atoms with E-state index in [0.717, 1.165) is 17.1 Å². The van der Waals surface area contributed by atoms with E-state index in [1.165, 1.54) is 0 Å². The van der Waals surface area contributed by atoms with Gasteiger partial charge in [0, 0.05) is 11.4 Å². The fraction of sp³-hybridized carbons (Fsp3) is 0.467. The first-order valence-electron chi connectivity index (χ1n) is 7.20. The van der Waals surface area contributed by atoms with Crippen molar-refractivity contribution < 1.29 is 9.52 Å². The van der Waals surface area contributed by atoms with Gasteiger partial charge in [-0.3, -0.25) is 0 Å². The van der Waals surface area contributed by atoms with Crippen LogP contribution in [0, 0.1) is 6.92 Å². The van der Waals surface area contributed by atoms with Gasteiger partial charge in [-0.2, -0.15) is 0 Å². The van der Waals surface area contributed by atoms with Crippen LogP contribution in [-0.2, 0) is 12.1 Å². The molecule has 2 rings (SSSR count). The molecule has 1 atom stereocenters. The van der Waals surface area contributed by atoms with E-state index in [2.05, 4.69) is 20.6 Å². The Bertz CT molecular complexity index is 605. The average Bonchev–Trinajstić information content (AvgIpc) is 3.14. The topological polar surface area (TPSA) is 82.7 Å². The molecule has 0 spiro atoms. The van der Waals surface area contributed by atoms with E-state index in [4.69, 9.17) is 4.42 Å². The summed E-state index contributed by atoms with van der Waals surface area (Å²) in [5.41, 5.74) is 1.73. The predicted molar refractivity (Wildman–Crippen MR) is 87.9 cm³/mol. The maximum atomic E-state index is 10.4. The number of hydrogen-bond donors (Lipinski definition) is 3. The molecule has 2 heterocycles. The number of aliphatic hydroxyl groups is 1. The van der Waals surface area contributed by atoms with Crippen LogP contribution in [0.15, 0.2) is 33.3 Å². The largest absolute Gasteiger partial charge is 0.466 e. The molecule has 1 unspecified atom stereocenters. The van der Waals surface area contributed by atoms with Crippen molar-refractivity contribution in [1.29, 1.82) is 0 Å². The Hall–Kier alpha value is -1.86. The smallest absolute Gasteiger partial charge is 0.191 e. The van der Waals surface area contributed by atoms with Gasteiger partial charge in [0.05, 0.1) is 30.6 Å². The molecule has 0 amide bonds. The van der Waals surface area contributed by atoms with Gasteiger partial charge in [-0.15, -0.1) is 11.3 Å². The maximum absolute atomic E-state index is 10.4. The number of nitrogens with one attached hydrogen (secondary N) is 2. The van der Waals surface area contributed by atoms with Crippen LogP contribution in [-0.4, -0.2) is 29.1 Å². The summed E-state index contributed by atoms with van der Waals surface area (Å²) < 4.78 is 5.27. The molecular formula is C15H22N4O2S. The SMILES string of the molecule is CCNC(=NCc1scnc1C)NCC(C)(O)c1ccco1. The van der Waals surface area contributed by atoms with Gasteiger partial charge in [-0.05, 0) is 32.9 Å². The third-order valence-corrected chi connectivity index (χ3v) is 4.14. The summed E-state index contributed by atoms with van der Waals surface area (Å²) >= 11 is 1.59. The number of guanidine groups is 1. The molecule has 0 aliphatic carbocycles. The Labute approximate surface area is 134 Å². The summed E-state index contributed by atoms with van der Waals surface area (Å²) in [4.78, 5) is 9.87. The van der Waals surface area contributed by atoms with E-state index in [0.29, 0.717) is 24.8 Å². The second kappa shape index (κ2) is 7.42. The maximum Gasteiger partial charge on any atom is 0.191 e. The van der Waals surface area contributed by atoms with Crippen LogP contribution in [0.4, 0.5) is 0 Å². The molecule has 7 heteroatoms. The molecule has 2 aromatic heterocycles. The highest BCUT2D eigenvalue weighted by Gasteiger charge is 2.26. The second-order valence-corrected chi connectivity index (χ2v) is 6.10. The van der Waals surface area contributed by atoms with Gasteiger partial charge in [0.1, 0.15) is 11.4 Å².